The summed E-state index contributed by atoms with van der Waals surface area (Å²) in [5.41, 5.74) is 1.49. The minimum absolute atomic E-state index is 0.0787. The van der Waals surface area contributed by atoms with E-state index in [2.05, 4.69) is 0 Å². The molecule has 1 N–H and O–H groups in total. The number of carboxylic acids is 1. The number of aliphatic carboxylic acids is 1. The van der Waals surface area contributed by atoms with Crippen LogP contribution < -0.4 is 4.74 Å². The summed E-state index contributed by atoms with van der Waals surface area (Å²) < 4.78 is 32.5. The molecule has 1 saturated heterocycles. The number of hydrogen-bond donors (Lipinski definition) is 1. The number of methoxy groups -OCH3 is 1. The number of carboxylic acid groups (broad SMARTS) is 1. The molecule has 2 rings (SSSR count). The first-order chi connectivity index (χ1) is 10.7. The minimum Gasteiger partial charge on any atom is -0.495 e. The van der Waals surface area contributed by atoms with Gasteiger partial charge in [-0.15, -0.1) is 0 Å². The summed E-state index contributed by atoms with van der Waals surface area (Å²) >= 11 is 0. The summed E-state index contributed by atoms with van der Waals surface area (Å²) in [5.74, 6) is -0.742. The number of ether oxygens (including phenoxy) is 1. The Morgan fingerprint density at radius 1 is 1.30 bits per heavy atom. The molecule has 1 heterocycles. The van der Waals surface area contributed by atoms with E-state index < -0.39 is 22.0 Å². The van der Waals surface area contributed by atoms with Crippen LogP contribution in [0.15, 0.2) is 17.0 Å². The van der Waals surface area contributed by atoms with Crippen LogP contribution in [-0.2, 0) is 14.8 Å². The number of benzene rings is 1. The second-order valence-corrected chi connectivity index (χ2v) is 7.69. The second kappa shape index (κ2) is 6.46. The van der Waals surface area contributed by atoms with Crippen LogP contribution in [0.25, 0.3) is 0 Å². The average Bonchev–Trinajstić information content (AvgIpc) is 2.45. The molecule has 0 aliphatic carbocycles. The van der Waals surface area contributed by atoms with Gasteiger partial charge >= 0.3 is 5.97 Å². The number of sulfonamides is 1. The predicted molar refractivity (Wildman–Crippen MR) is 85.3 cm³/mol. The molecule has 1 aromatic carbocycles. The Balaban J connectivity index is 2.45. The molecular formula is C15H22N2O5S. The van der Waals surface area contributed by atoms with Gasteiger partial charge in [-0.05, 0) is 38.1 Å². The van der Waals surface area contributed by atoms with Gasteiger partial charge in [0.25, 0.3) is 0 Å². The maximum atomic E-state index is 13.0. The third-order valence-corrected chi connectivity index (χ3v) is 6.15. The maximum absolute atomic E-state index is 13.0. The van der Waals surface area contributed by atoms with Crippen LogP contribution in [0.4, 0.5) is 0 Å². The van der Waals surface area contributed by atoms with Crippen LogP contribution in [0.5, 0.6) is 5.75 Å². The van der Waals surface area contributed by atoms with Gasteiger partial charge in [-0.1, -0.05) is 6.07 Å². The number of carbonyl (C=O) groups is 1. The van der Waals surface area contributed by atoms with Gasteiger partial charge in [-0.25, -0.2) is 8.42 Å². The van der Waals surface area contributed by atoms with Crippen LogP contribution in [0.3, 0.4) is 0 Å². The highest BCUT2D eigenvalue weighted by Gasteiger charge is 2.38. The third kappa shape index (κ3) is 3.34. The first kappa shape index (κ1) is 17.7. The molecule has 1 fully saturated rings. The summed E-state index contributed by atoms with van der Waals surface area (Å²) in [4.78, 5) is 13.1. The minimum atomic E-state index is -3.82. The van der Waals surface area contributed by atoms with Crippen LogP contribution in [0, 0.1) is 13.8 Å². The number of piperazine rings is 1. The monoisotopic (exact) mass is 342 g/mol. The van der Waals surface area contributed by atoms with Crippen molar-refractivity contribution in [1.82, 2.24) is 9.21 Å². The van der Waals surface area contributed by atoms with E-state index in [9.17, 15) is 18.3 Å². The van der Waals surface area contributed by atoms with Crippen LogP contribution in [0.2, 0.25) is 0 Å². The van der Waals surface area contributed by atoms with E-state index in [-0.39, 0.29) is 23.7 Å². The molecule has 0 spiro atoms. The van der Waals surface area contributed by atoms with Gasteiger partial charge in [0.1, 0.15) is 16.7 Å². The van der Waals surface area contributed by atoms with Crippen LogP contribution >= 0.6 is 0 Å². The second-order valence-electron chi connectivity index (χ2n) is 5.81. The lowest BCUT2D eigenvalue weighted by atomic mass is 10.1. The summed E-state index contributed by atoms with van der Waals surface area (Å²) in [6.07, 6.45) is 0. The van der Waals surface area contributed by atoms with Crippen molar-refractivity contribution in [3.63, 3.8) is 0 Å². The van der Waals surface area contributed by atoms with Gasteiger partial charge in [0, 0.05) is 19.6 Å². The van der Waals surface area contributed by atoms with Gasteiger partial charge in [0.05, 0.1) is 7.11 Å². The topological polar surface area (TPSA) is 87.2 Å². The van der Waals surface area contributed by atoms with E-state index in [1.165, 1.54) is 11.4 Å². The normalized spacial score (nSPS) is 20.4. The molecule has 0 amide bonds. The molecule has 1 aromatic rings. The Morgan fingerprint density at radius 2 is 1.96 bits per heavy atom. The van der Waals surface area contributed by atoms with Crippen molar-refractivity contribution in [2.45, 2.75) is 24.8 Å². The Labute approximate surface area is 136 Å². The standard InChI is InChI=1S/C15H22N2O5S/c1-10-7-11(2)14(13(8-10)22-4)23(20,21)17-6-5-16(3)12(9-17)15(18)19/h7-8,12H,5-6,9H2,1-4H3,(H,18,19). The van der Waals surface area contributed by atoms with Crippen LogP contribution in [0.1, 0.15) is 11.1 Å². The molecule has 0 saturated carbocycles. The van der Waals surface area contributed by atoms with Crippen molar-refractivity contribution in [1.29, 1.82) is 0 Å². The Morgan fingerprint density at radius 3 is 2.52 bits per heavy atom. The Hall–Kier alpha value is -1.64. The van der Waals surface area contributed by atoms with E-state index in [1.807, 2.05) is 6.92 Å². The van der Waals surface area contributed by atoms with Crippen molar-refractivity contribution in [2.75, 3.05) is 33.8 Å². The molecule has 1 aliphatic rings. The highest BCUT2D eigenvalue weighted by atomic mass is 32.2. The first-order valence-corrected chi connectivity index (χ1v) is 8.71. The number of likely N-dealkylation sites (N-methyl/N-ethyl adjacent to an activating group) is 1. The molecule has 8 heteroatoms. The molecule has 1 aliphatic heterocycles. The number of nitrogens with zero attached hydrogens (tertiary/aromatic N) is 2. The fourth-order valence-electron chi connectivity index (χ4n) is 2.86. The van der Waals surface area contributed by atoms with Gasteiger partial charge < -0.3 is 9.84 Å². The quantitative estimate of drug-likeness (QED) is 0.867. The van der Waals surface area contributed by atoms with Crippen molar-refractivity contribution in [3.8, 4) is 5.75 Å². The molecular weight excluding hydrogens is 320 g/mol. The number of hydrogen-bond acceptors (Lipinski definition) is 5. The zero-order chi connectivity index (χ0) is 17.4. The largest absolute Gasteiger partial charge is 0.495 e. The molecule has 7 nitrogen and oxygen atoms in total. The summed E-state index contributed by atoms with van der Waals surface area (Å²) in [6, 6.07) is 2.60. The lowest BCUT2D eigenvalue weighted by Crippen LogP contribution is -2.56. The lowest BCUT2D eigenvalue weighted by Gasteiger charge is -2.36. The van der Waals surface area contributed by atoms with Crippen LogP contribution in [-0.4, -0.2) is 68.5 Å². The smallest absolute Gasteiger partial charge is 0.322 e. The Bertz CT molecular complexity index is 717. The third-order valence-electron chi connectivity index (χ3n) is 4.10. The van der Waals surface area contributed by atoms with Gasteiger partial charge in [0.15, 0.2) is 0 Å². The van der Waals surface area contributed by atoms with Crippen molar-refractivity contribution >= 4 is 16.0 Å². The molecule has 23 heavy (non-hydrogen) atoms. The zero-order valence-corrected chi connectivity index (χ0v) is 14.6. The van der Waals surface area contributed by atoms with E-state index in [0.29, 0.717) is 12.1 Å². The number of rotatable bonds is 4. The molecule has 1 unspecified atom stereocenters. The summed E-state index contributed by atoms with van der Waals surface area (Å²) in [7, 11) is -0.715. The average molecular weight is 342 g/mol. The molecule has 0 bridgehead atoms. The van der Waals surface area contributed by atoms with Gasteiger partial charge in [-0.2, -0.15) is 4.31 Å². The van der Waals surface area contributed by atoms with E-state index in [4.69, 9.17) is 4.74 Å². The van der Waals surface area contributed by atoms with E-state index in [0.717, 1.165) is 5.56 Å². The first-order valence-electron chi connectivity index (χ1n) is 7.27. The summed E-state index contributed by atoms with van der Waals surface area (Å²) in [5, 5.41) is 9.27. The lowest BCUT2D eigenvalue weighted by molar-refractivity contribution is -0.144. The van der Waals surface area contributed by atoms with E-state index >= 15 is 0 Å². The maximum Gasteiger partial charge on any atom is 0.322 e. The molecule has 1 atom stereocenters. The van der Waals surface area contributed by atoms with Crippen molar-refractivity contribution in [3.05, 3.63) is 23.3 Å². The zero-order valence-electron chi connectivity index (χ0n) is 13.7. The van der Waals surface area contributed by atoms with Crippen molar-refractivity contribution in [2.24, 2.45) is 0 Å². The van der Waals surface area contributed by atoms with Gasteiger partial charge in [0.2, 0.25) is 10.0 Å². The van der Waals surface area contributed by atoms with E-state index in [1.54, 1.807) is 31.0 Å². The Kier molecular flexibility index (Phi) is 4.98. The predicted octanol–water partition coefficient (Wildman–Crippen LogP) is 0.701. The fraction of sp³-hybridized carbons (Fsp3) is 0.533. The molecule has 0 aromatic heterocycles. The highest BCUT2D eigenvalue weighted by molar-refractivity contribution is 7.89. The van der Waals surface area contributed by atoms with Crippen molar-refractivity contribution < 1.29 is 23.1 Å². The van der Waals surface area contributed by atoms with Gasteiger partial charge in [-0.3, -0.25) is 9.69 Å². The number of aryl methyl sites for hydroxylation is 2. The fourth-order valence-corrected chi connectivity index (χ4v) is 4.64. The SMILES string of the molecule is COc1cc(C)cc(C)c1S(=O)(=O)N1CCN(C)C(C(=O)O)C1. The molecule has 0 radical (unpaired) electrons. The summed E-state index contributed by atoms with van der Waals surface area (Å²) in [6.45, 7) is 4.11. The molecule has 128 valence electrons. The highest BCUT2D eigenvalue weighted by Crippen LogP contribution is 2.32.